The summed E-state index contributed by atoms with van der Waals surface area (Å²) in [6, 6.07) is 60.7. The van der Waals surface area contributed by atoms with E-state index >= 15 is 0 Å². The largest absolute Gasteiger partial charge is 0.356 e. The SMILES string of the molecule is CC1(C)c2ccccc2-c2ccc(Nc3cccc(-c4cccc(-c5nc(-c6ccccc6)c6cc7c(ccc8ccccc87)cc6n5)c4)c3)cc21. The van der Waals surface area contributed by atoms with Crippen molar-refractivity contribution in [2.45, 2.75) is 19.3 Å². The summed E-state index contributed by atoms with van der Waals surface area (Å²) in [6.45, 7) is 4.64. The highest BCUT2D eigenvalue weighted by Crippen LogP contribution is 2.49. The van der Waals surface area contributed by atoms with E-state index in [1.165, 1.54) is 43.8 Å². The lowest BCUT2D eigenvalue weighted by atomic mass is 9.82. The first-order valence-electron chi connectivity index (χ1n) is 17.9. The van der Waals surface area contributed by atoms with E-state index in [-0.39, 0.29) is 5.41 Å². The fourth-order valence-electron chi connectivity index (χ4n) is 8.14. The lowest BCUT2D eigenvalue weighted by Gasteiger charge is -2.22. The van der Waals surface area contributed by atoms with Gasteiger partial charge in [-0.05, 0) is 97.4 Å². The van der Waals surface area contributed by atoms with E-state index in [4.69, 9.17) is 9.97 Å². The minimum Gasteiger partial charge on any atom is -0.356 e. The maximum atomic E-state index is 5.27. The van der Waals surface area contributed by atoms with Gasteiger partial charge in [-0.2, -0.15) is 0 Å². The molecule has 3 nitrogen and oxygen atoms in total. The molecule has 0 amide bonds. The third kappa shape index (κ3) is 4.97. The lowest BCUT2D eigenvalue weighted by Crippen LogP contribution is -2.15. The minimum atomic E-state index is -0.0431. The highest BCUT2D eigenvalue weighted by molar-refractivity contribution is 6.13. The first kappa shape index (κ1) is 30.3. The zero-order valence-electron chi connectivity index (χ0n) is 29.1. The van der Waals surface area contributed by atoms with Crippen molar-refractivity contribution in [2.75, 3.05) is 5.32 Å². The van der Waals surface area contributed by atoms with Gasteiger partial charge in [-0.3, -0.25) is 0 Å². The molecule has 0 radical (unpaired) electrons. The van der Waals surface area contributed by atoms with E-state index in [1.54, 1.807) is 0 Å². The Morgan fingerprint density at radius 1 is 0.423 bits per heavy atom. The molecule has 8 aromatic carbocycles. The van der Waals surface area contributed by atoms with Crippen LogP contribution in [0.5, 0.6) is 0 Å². The average Bonchev–Trinajstić information content (AvgIpc) is 3.42. The molecule has 1 aliphatic carbocycles. The summed E-state index contributed by atoms with van der Waals surface area (Å²) in [4.78, 5) is 10.5. The van der Waals surface area contributed by atoms with Crippen molar-refractivity contribution in [3.8, 4) is 44.9 Å². The van der Waals surface area contributed by atoms with Gasteiger partial charge in [-0.25, -0.2) is 9.97 Å². The van der Waals surface area contributed by atoms with Crippen LogP contribution in [0.3, 0.4) is 0 Å². The van der Waals surface area contributed by atoms with E-state index < -0.39 is 0 Å². The quantitative estimate of drug-likeness (QED) is 0.147. The molecule has 0 saturated heterocycles. The van der Waals surface area contributed by atoms with Gasteiger partial charge in [0, 0.05) is 33.3 Å². The van der Waals surface area contributed by atoms with E-state index in [2.05, 4.69) is 183 Å². The van der Waals surface area contributed by atoms with Gasteiger partial charge in [-0.15, -0.1) is 0 Å². The molecule has 1 aromatic heterocycles. The van der Waals surface area contributed by atoms with Crippen molar-refractivity contribution in [3.63, 3.8) is 0 Å². The third-order valence-corrected chi connectivity index (χ3v) is 10.8. The summed E-state index contributed by atoms with van der Waals surface area (Å²) >= 11 is 0. The molecule has 9 aromatic rings. The van der Waals surface area contributed by atoms with Crippen molar-refractivity contribution in [2.24, 2.45) is 0 Å². The molecular weight excluding hydrogens is 631 g/mol. The molecule has 0 aliphatic heterocycles. The van der Waals surface area contributed by atoms with Crippen molar-refractivity contribution in [3.05, 3.63) is 181 Å². The minimum absolute atomic E-state index is 0.0431. The van der Waals surface area contributed by atoms with Crippen LogP contribution in [-0.4, -0.2) is 9.97 Å². The number of nitrogens with zero attached hydrogens (tertiary/aromatic N) is 2. The Balaban J connectivity index is 1.03. The standard InChI is InChI=1S/C49H35N3/c1-49(2)44-21-9-8-20-40(44)41-25-24-38(29-45(41)49)50-37-18-11-16-34(27-37)33-15-10-17-36(26-33)48-51-46-28-35-23-22-31-12-6-7-19-39(31)42(35)30-43(46)47(52-48)32-13-4-3-5-14-32/h3-30,50H,1-2H3. The van der Waals surface area contributed by atoms with Crippen LogP contribution in [0.25, 0.3) is 77.3 Å². The van der Waals surface area contributed by atoms with Crippen LogP contribution in [0.4, 0.5) is 11.4 Å². The number of benzene rings is 8. The van der Waals surface area contributed by atoms with Crippen molar-refractivity contribution >= 4 is 43.8 Å². The van der Waals surface area contributed by atoms with Gasteiger partial charge < -0.3 is 5.32 Å². The zero-order chi connectivity index (χ0) is 34.8. The average molecular weight is 666 g/mol. The molecule has 0 saturated carbocycles. The molecule has 10 rings (SSSR count). The summed E-state index contributed by atoms with van der Waals surface area (Å²) in [7, 11) is 0. The van der Waals surface area contributed by atoms with Crippen molar-refractivity contribution in [1.82, 2.24) is 9.97 Å². The van der Waals surface area contributed by atoms with Gasteiger partial charge in [-0.1, -0.05) is 141 Å². The molecular formula is C49H35N3. The van der Waals surface area contributed by atoms with Gasteiger partial charge >= 0.3 is 0 Å². The Kier molecular flexibility index (Phi) is 6.84. The van der Waals surface area contributed by atoms with Gasteiger partial charge in [0.15, 0.2) is 5.82 Å². The molecule has 246 valence electrons. The number of aromatic nitrogens is 2. The molecule has 1 heterocycles. The summed E-state index contributed by atoms with van der Waals surface area (Å²) in [5.74, 6) is 0.712. The van der Waals surface area contributed by atoms with Crippen molar-refractivity contribution in [1.29, 1.82) is 0 Å². The first-order chi connectivity index (χ1) is 25.5. The van der Waals surface area contributed by atoms with Crippen LogP contribution >= 0.6 is 0 Å². The zero-order valence-corrected chi connectivity index (χ0v) is 29.1. The molecule has 0 fully saturated rings. The molecule has 0 spiro atoms. The molecule has 52 heavy (non-hydrogen) atoms. The number of fused-ring (bicyclic) bond motifs is 7. The van der Waals surface area contributed by atoms with E-state index in [1.807, 2.05) is 6.07 Å². The van der Waals surface area contributed by atoms with Gasteiger partial charge in [0.2, 0.25) is 0 Å². The Bertz CT molecular complexity index is 2850. The summed E-state index contributed by atoms with van der Waals surface area (Å²) < 4.78 is 0. The third-order valence-electron chi connectivity index (χ3n) is 10.8. The highest BCUT2D eigenvalue weighted by Gasteiger charge is 2.35. The number of nitrogens with one attached hydrogen (secondary N) is 1. The van der Waals surface area contributed by atoms with E-state index in [0.29, 0.717) is 5.82 Å². The second-order valence-electron chi connectivity index (χ2n) is 14.4. The molecule has 0 bridgehead atoms. The first-order valence-corrected chi connectivity index (χ1v) is 17.9. The Morgan fingerprint density at radius 2 is 1.12 bits per heavy atom. The highest BCUT2D eigenvalue weighted by atomic mass is 14.9. The fourth-order valence-corrected chi connectivity index (χ4v) is 8.14. The second-order valence-corrected chi connectivity index (χ2v) is 14.4. The fraction of sp³-hybridized carbons (Fsp3) is 0.0612. The maximum Gasteiger partial charge on any atom is 0.160 e. The Morgan fingerprint density at radius 3 is 2.02 bits per heavy atom. The predicted octanol–water partition coefficient (Wildman–Crippen LogP) is 13.0. The van der Waals surface area contributed by atoms with Crippen LogP contribution in [-0.2, 0) is 5.41 Å². The number of hydrogen-bond donors (Lipinski definition) is 1. The van der Waals surface area contributed by atoms with Crippen LogP contribution in [0.15, 0.2) is 170 Å². The number of hydrogen-bond acceptors (Lipinski definition) is 3. The van der Waals surface area contributed by atoms with E-state index in [0.717, 1.165) is 50.2 Å². The smallest absolute Gasteiger partial charge is 0.160 e. The van der Waals surface area contributed by atoms with Crippen LogP contribution < -0.4 is 5.32 Å². The maximum absolute atomic E-state index is 5.27. The van der Waals surface area contributed by atoms with Gasteiger partial charge in [0.1, 0.15) is 0 Å². The van der Waals surface area contributed by atoms with Gasteiger partial charge in [0.25, 0.3) is 0 Å². The molecule has 3 heteroatoms. The normalized spacial score (nSPS) is 13.0. The second kappa shape index (κ2) is 11.8. The monoisotopic (exact) mass is 665 g/mol. The lowest BCUT2D eigenvalue weighted by molar-refractivity contribution is 0.660. The number of rotatable bonds is 5. The Hall–Kier alpha value is -6.58. The summed E-state index contributed by atoms with van der Waals surface area (Å²) in [6.07, 6.45) is 0. The molecule has 0 unspecified atom stereocenters. The van der Waals surface area contributed by atoms with Crippen LogP contribution in [0.1, 0.15) is 25.0 Å². The van der Waals surface area contributed by atoms with Crippen LogP contribution in [0.2, 0.25) is 0 Å². The van der Waals surface area contributed by atoms with Crippen molar-refractivity contribution < 1.29 is 0 Å². The topological polar surface area (TPSA) is 37.8 Å². The molecule has 1 N–H and O–H groups in total. The van der Waals surface area contributed by atoms with Crippen LogP contribution in [0, 0.1) is 0 Å². The summed E-state index contributed by atoms with van der Waals surface area (Å²) in [5, 5.41) is 9.60. The van der Waals surface area contributed by atoms with Gasteiger partial charge in [0.05, 0.1) is 11.2 Å². The summed E-state index contributed by atoms with van der Waals surface area (Å²) in [5.41, 5.74) is 13.7. The van der Waals surface area contributed by atoms with E-state index in [9.17, 15) is 0 Å². The predicted molar refractivity (Wildman–Crippen MR) is 218 cm³/mol. The Labute approximate surface area is 303 Å². The molecule has 1 aliphatic rings. The molecule has 0 atom stereocenters. The number of anilines is 2.